The van der Waals surface area contributed by atoms with Crippen LogP contribution in [0.15, 0.2) is 47.4 Å². The van der Waals surface area contributed by atoms with Crippen LogP contribution in [0.2, 0.25) is 0 Å². The summed E-state index contributed by atoms with van der Waals surface area (Å²) in [4.78, 5) is 0. The average molecular weight is 187 g/mol. The summed E-state index contributed by atoms with van der Waals surface area (Å²) in [6.07, 6.45) is 2.54. The van der Waals surface area contributed by atoms with Crippen LogP contribution in [-0.4, -0.2) is 0 Å². The Morgan fingerprint density at radius 2 is 2.21 bits per heavy atom. The van der Waals surface area contributed by atoms with Gasteiger partial charge in [0.15, 0.2) is 0 Å². The molecule has 1 aromatic carbocycles. The molecule has 0 radical (unpaired) electrons. The fourth-order valence-corrected chi connectivity index (χ4v) is 1.48. The molecule has 1 atom stereocenters. The van der Waals surface area contributed by atoms with Gasteiger partial charge in [0.25, 0.3) is 0 Å². The van der Waals surface area contributed by atoms with Crippen LogP contribution >= 0.6 is 0 Å². The minimum atomic E-state index is -0.0834. The van der Waals surface area contributed by atoms with Gasteiger partial charge in [0.1, 0.15) is 11.3 Å². The van der Waals surface area contributed by atoms with Crippen molar-refractivity contribution in [3.05, 3.63) is 48.7 Å². The lowest BCUT2D eigenvalue weighted by Crippen LogP contribution is -2.07. The molecule has 0 fully saturated rings. The highest BCUT2D eigenvalue weighted by atomic mass is 16.3. The number of hydrogen-bond donors (Lipinski definition) is 1. The molecule has 0 bridgehead atoms. The molecule has 0 spiro atoms. The van der Waals surface area contributed by atoms with Gasteiger partial charge in [0.2, 0.25) is 0 Å². The van der Waals surface area contributed by atoms with E-state index in [1.165, 1.54) is 0 Å². The molecule has 1 aromatic heterocycles. The van der Waals surface area contributed by atoms with Crippen molar-refractivity contribution in [3.63, 3.8) is 0 Å². The van der Waals surface area contributed by atoms with E-state index in [0.717, 1.165) is 23.2 Å². The summed E-state index contributed by atoms with van der Waals surface area (Å²) in [5.41, 5.74) is 6.80. The molecule has 1 heterocycles. The molecule has 0 saturated heterocycles. The van der Waals surface area contributed by atoms with Crippen molar-refractivity contribution in [2.45, 2.75) is 12.5 Å². The van der Waals surface area contributed by atoms with Crippen molar-refractivity contribution in [1.29, 1.82) is 0 Å². The molecule has 0 unspecified atom stereocenters. The van der Waals surface area contributed by atoms with Gasteiger partial charge in [-0.1, -0.05) is 24.3 Å². The van der Waals surface area contributed by atoms with Crippen LogP contribution in [-0.2, 0) is 0 Å². The van der Waals surface area contributed by atoms with Crippen molar-refractivity contribution in [2.24, 2.45) is 5.73 Å². The van der Waals surface area contributed by atoms with E-state index < -0.39 is 0 Å². The first-order valence-electron chi connectivity index (χ1n) is 4.66. The van der Waals surface area contributed by atoms with Crippen LogP contribution < -0.4 is 5.73 Å². The lowest BCUT2D eigenvalue weighted by atomic mass is 10.1. The third-order valence-electron chi connectivity index (χ3n) is 2.23. The second-order valence-corrected chi connectivity index (χ2v) is 3.32. The smallest absolute Gasteiger partial charge is 0.134 e. The van der Waals surface area contributed by atoms with Crippen molar-refractivity contribution in [3.8, 4) is 0 Å². The topological polar surface area (TPSA) is 39.2 Å². The number of nitrogens with two attached hydrogens (primary N) is 1. The van der Waals surface area contributed by atoms with E-state index in [9.17, 15) is 0 Å². The molecule has 72 valence electrons. The van der Waals surface area contributed by atoms with Gasteiger partial charge in [-0.2, -0.15) is 0 Å². The third kappa shape index (κ3) is 1.56. The average Bonchev–Trinajstić information content (AvgIpc) is 2.61. The monoisotopic (exact) mass is 187 g/mol. The first-order valence-corrected chi connectivity index (χ1v) is 4.66. The molecule has 0 aliphatic heterocycles. The van der Waals surface area contributed by atoms with Gasteiger partial charge in [-0.15, -0.1) is 6.58 Å². The van der Waals surface area contributed by atoms with Crippen LogP contribution in [0.25, 0.3) is 11.0 Å². The van der Waals surface area contributed by atoms with E-state index in [4.69, 9.17) is 10.2 Å². The molecule has 0 amide bonds. The highest BCUT2D eigenvalue weighted by molar-refractivity contribution is 5.77. The van der Waals surface area contributed by atoms with E-state index in [1.807, 2.05) is 30.3 Å². The highest BCUT2D eigenvalue weighted by Gasteiger charge is 2.09. The van der Waals surface area contributed by atoms with E-state index >= 15 is 0 Å². The van der Waals surface area contributed by atoms with Gasteiger partial charge in [0, 0.05) is 5.39 Å². The largest absolute Gasteiger partial charge is 0.459 e. The summed E-state index contributed by atoms with van der Waals surface area (Å²) in [5, 5.41) is 1.10. The van der Waals surface area contributed by atoms with Crippen molar-refractivity contribution in [2.75, 3.05) is 0 Å². The normalized spacial score (nSPS) is 12.9. The molecule has 2 aromatic rings. The summed E-state index contributed by atoms with van der Waals surface area (Å²) >= 11 is 0. The maximum absolute atomic E-state index is 5.90. The molecule has 0 aliphatic rings. The Hall–Kier alpha value is -1.54. The van der Waals surface area contributed by atoms with Crippen LogP contribution in [0.3, 0.4) is 0 Å². The molecule has 0 aliphatic carbocycles. The van der Waals surface area contributed by atoms with Gasteiger partial charge < -0.3 is 10.2 Å². The minimum absolute atomic E-state index is 0.0834. The van der Waals surface area contributed by atoms with Gasteiger partial charge in [-0.3, -0.25) is 0 Å². The van der Waals surface area contributed by atoms with Crippen molar-refractivity contribution >= 4 is 11.0 Å². The fourth-order valence-electron chi connectivity index (χ4n) is 1.48. The van der Waals surface area contributed by atoms with Crippen LogP contribution in [0.1, 0.15) is 18.2 Å². The first-order chi connectivity index (χ1) is 6.81. The zero-order chi connectivity index (χ0) is 9.97. The number of benzene rings is 1. The Morgan fingerprint density at radius 3 is 2.93 bits per heavy atom. The summed E-state index contributed by atoms with van der Waals surface area (Å²) < 4.78 is 5.61. The lowest BCUT2D eigenvalue weighted by Gasteiger charge is -2.02. The predicted molar refractivity (Wildman–Crippen MR) is 58.0 cm³/mol. The zero-order valence-corrected chi connectivity index (χ0v) is 7.94. The number of para-hydroxylation sites is 1. The quantitative estimate of drug-likeness (QED) is 0.750. The molecular weight excluding hydrogens is 174 g/mol. The van der Waals surface area contributed by atoms with Crippen LogP contribution in [0.4, 0.5) is 0 Å². The van der Waals surface area contributed by atoms with E-state index in [-0.39, 0.29) is 6.04 Å². The molecule has 14 heavy (non-hydrogen) atoms. The summed E-state index contributed by atoms with van der Waals surface area (Å²) in [6.45, 7) is 3.66. The number of furan rings is 1. The third-order valence-corrected chi connectivity index (χ3v) is 2.23. The molecular formula is C12H13NO. The summed E-state index contributed by atoms with van der Waals surface area (Å²) in [5.74, 6) is 0.825. The van der Waals surface area contributed by atoms with Crippen molar-refractivity contribution < 1.29 is 4.42 Å². The van der Waals surface area contributed by atoms with Gasteiger partial charge >= 0.3 is 0 Å². The number of fused-ring (bicyclic) bond motifs is 1. The molecule has 2 heteroatoms. The van der Waals surface area contributed by atoms with E-state index in [0.29, 0.717) is 0 Å². The van der Waals surface area contributed by atoms with Crippen molar-refractivity contribution in [1.82, 2.24) is 0 Å². The molecule has 2 rings (SSSR count). The number of hydrogen-bond acceptors (Lipinski definition) is 2. The SMILES string of the molecule is C=CC[C@@H](N)c1cc2ccccc2o1. The van der Waals surface area contributed by atoms with Gasteiger partial charge in [0.05, 0.1) is 6.04 Å². The zero-order valence-electron chi connectivity index (χ0n) is 7.94. The van der Waals surface area contributed by atoms with E-state index in [2.05, 4.69) is 6.58 Å². The Bertz CT molecular complexity index is 411. The first kappa shape index (κ1) is 9.03. The summed E-state index contributed by atoms with van der Waals surface area (Å²) in [6, 6.07) is 9.81. The van der Waals surface area contributed by atoms with Crippen LogP contribution in [0, 0.1) is 0 Å². The maximum Gasteiger partial charge on any atom is 0.134 e. The Kier molecular flexibility index (Phi) is 2.37. The Labute approximate surface area is 83.0 Å². The highest BCUT2D eigenvalue weighted by Crippen LogP contribution is 2.24. The Morgan fingerprint density at radius 1 is 1.43 bits per heavy atom. The van der Waals surface area contributed by atoms with Crippen LogP contribution in [0.5, 0.6) is 0 Å². The standard InChI is InChI=1S/C12H13NO/c1-2-5-10(13)12-8-9-6-3-4-7-11(9)14-12/h2-4,6-8,10H,1,5,13H2/t10-/m1/s1. The fraction of sp³-hybridized carbons (Fsp3) is 0.167. The number of rotatable bonds is 3. The summed E-state index contributed by atoms with van der Waals surface area (Å²) in [7, 11) is 0. The second kappa shape index (κ2) is 3.68. The maximum atomic E-state index is 5.90. The Balaban J connectivity index is 2.39. The molecule has 2 N–H and O–H groups in total. The second-order valence-electron chi connectivity index (χ2n) is 3.32. The van der Waals surface area contributed by atoms with Gasteiger partial charge in [-0.05, 0) is 18.6 Å². The molecule has 0 saturated carbocycles. The lowest BCUT2D eigenvalue weighted by molar-refractivity contribution is 0.498. The van der Waals surface area contributed by atoms with Gasteiger partial charge in [-0.25, -0.2) is 0 Å². The predicted octanol–water partition coefficient (Wildman–Crippen LogP) is 3.01. The molecule has 2 nitrogen and oxygen atoms in total. The van der Waals surface area contributed by atoms with E-state index in [1.54, 1.807) is 6.08 Å². The minimum Gasteiger partial charge on any atom is -0.459 e.